The van der Waals surface area contributed by atoms with Crippen LogP contribution in [0.5, 0.6) is 0 Å². The fourth-order valence-corrected chi connectivity index (χ4v) is 3.45. The van der Waals surface area contributed by atoms with Crippen LogP contribution in [0.25, 0.3) is 11.1 Å². The molecule has 0 aliphatic carbocycles. The minimum Gasteiger partial charge on any atom is -0.441 e. The zero-order valence-electron chi connectivity index (χ0n) is 13.7. The van der Waals surface area contributed by atoms with Crippen LogP contribution in [0.3, 0.4) is 0 Å². The van der Waals surface area contributed by atoms with Gasteiger partial charge in [0.25, 0.3) is 10.0 Å². The van der Waals surface area contributed by atoms with Crippen molar-refractivity contribution in [1.82, 2.24) is 4.98 Å². The number of aromatic nitrogens is 1. The van der Waals surface area contributed by atoms with Gasteiger partial charge in [-0.15, -0.1) is 0 Å². The number of sulfonamides is 1. The number of fused-ring (bicyclic) bond motifs is 1. The summed E-state index contributed by atoms with van der Waals surface area (Å²) >= 11 is 0. The number of oxazole rings is 1. The Bertz CT molecular complexity index is 944. The van der Waals surface area contributed by atoms with Gasteiger partial charge in [0.05, 0.1) is 10.6 Å². The number of hydrogen-bond donors (Lipinski definition) is 1. The van der Waals surface area contributed by atoms with Crippen LogP contribution in [0, 0.1) is 6.92 Å². The zero-order chi connectivity index (χ0) is 17.2. The van der Waals surface area contributed by atoms with E-state index in [0.29, 0.717) is 22.7 Å². The fraction of sp³-hybridized carbons (Fsp3) is 0.278. The van der Waals surface area contributed by atoms with E-state index < -0.39 is 10.0 Å². The van der Waals surface area contributed by atoms with Gasteiger partial charge in [0.15, 0.2) is 11.5 Å². The van der Waals surface area contributed by atoms with Crippen LogP contribution in [0.15, 0.2) is 51.8 Å². The summed E-state index contributed by atoms with van der Waals surface area (Å²) < 4.78 is 33.1. The summed E-state index contributed by atoms with van der Waals surface area (Å²) in [6.07, 6.45) is 2.87. The number of unbranched alkanes of at least 4 members (excludes halogenated alkanes) is 1. The van der Waals surface area contributed by atoms with E-state index in [0.717, 1.165) is 24.8 Å². The Hall–Kier alpha value is -2.34. The maximum Gasteiger partial charge on any atom is 0.261 e. The predicted octanol–water partition coefficient (Wildman–Crippen LogP) is 4.28. The first-order valence-electron chi connectivity index (χ1n) is 7.97. The summed E-state index contributed by atoms with van der Waals surface area (Å²) in [5.41, 5.74) is 2.81. The van der Waals surface area contributed by atoms with Crippen LogP contribution in [0.2, 0.25) is 0 Å². The van der Waals surface area contributed by atoms with Crippen molar-refractivity contribution in [2.24, 2.45) is 0 Å². The van der Waals surface area contributed by atoms with E-state index in [-0.39, 0.29) is 4.90 Å². The average molecular weight is 344 g/mol. The third-order valence-electron chi connectivity index (χ3n) is 3.76. The van der Waals surface area contributed by atoms with Gasteiger partial charge in [-0.3, -0.25) is 4.72 Å². The minimum atomic E-state index is -3.61. The van der Waals surface area contributed by atoms with Gasteiger partial charge in [0.2, 0.25) is 0 Å². The first-order chi connectivity index (χ1) is 11.5. The summed E-state index contributed by atoms with van der Waals surface area (Å²) in [7, 11) is -3.61. The summed E-state index contributed by atoms with van der Waals surface area (Å²) in [5, 5.41) is 0. The van der Waals surface area contributed by atoms with Crippen LogP contribution in [0.1, 0.15) is 31.2 Å². The molecule has 0 atom stereocenters. The lowest BCUT2D eigenvalue weighted by Crippen LogP contribution is -2.12. The van der Waals surface area contributed by atoms with Gasteiger partial charge in [-0.05, 0) is 43.7 Å². The molecule has 24 heavy (non-hydrogen) atoms. The van der Waals surface area contributed by atoms with Crippen LogP contribution >= 0.6 is 0 Å². The monoisotopic (exact) mass is 344 g/mol. The van der Waals surface area contributed by atoms with Crippen LogP contribution in [-0.4, -0.2) is 13.4 Å². The van der Waals surface area contributed by atoms with Gasteiger partial charge in [-0.2, -0.15) is 0 Å². The van der Waals surface area contributed by atoms with Gasteiger partial charge < -0.3 is 4.42 Å². The largest absolute Gasteiger partial charge is 0.441 e. The second kappa shape index (κ2) is 6.65. The molecule has 0 fully saturated rings. The Morgan fingerprint density at radius 3 is 2.58 bits per heavy atom. The molecule has 0 aliphatic heterocycles. The highest BCUT2D eigenvalue weighted by Crippen LogP contribution is 2.23. The second-order valence-electron chi connectivity index (χ2n) is 5.81. The summed E-state index contributed by atoms with van der Waals surface area (Å²) in [5.74, 6) is 0.686. The Balaban J connectivity index is 1.85. The van der Waals surface area contributed by atoms with E-state index in [9.17, 15) is 8.42 Å². The van der Waals surface area contributed by atoms with Crippen LogP contribution in [-0.2, 0) is 16.4 Å². The standard InChI is InChI=1S/C18H20N2O3S/c1-3-4-5-18-19-16-12-14(8-11-17(16)23-18)20-24(21,22)15-9-6-13(2)7-10-15/h6-12,20H,3-5H2,1-2H3. The minimum absolute atomic E-state index is 0.233. The zero-order valence-corrected chi connectivity index (χ0v) is 14.6. The van der Waals surface area contributed by atoms with E-state index in [1.54, 1.807) is 42.5 Å². The molecule has 3 aromatic rings. The molecular weight excluding hydrogens is 324 g/mol. The maximum absolute atomic E-state index is 12.4. The molecule has 0 unspecified atom stereocenters. The third kappa shape index (κ3) is 3.59. The molecule has 0 radical (unpaired) electrons. The van der Waals surface area contributed by atoms with Crippen molar-refractivity contribution in [2.45, 2.75) is 38.0 Å². The van der Waals surface area contributed by atoms with E-state index >= 15 is 0 Å². The first-order valence-corrected chi connectivity index (χ1v) is 9.45. The summed E-state index contributed by atoms with van der Waals surface area (Å²) in [6, 6.07) is 11.8. The van der Waals surface area contributed by atoms with Crippen molar-refractivity contribution >= 4 is 26.8 Å². The molecule has 0 spiro atoms. The van der Waals surface area contributed by atoms with Crippen molar-refractivity contribution in [3.8, 4) is 0 Å². The normalized spacial score (nSPS) is 11.8. The Labute approximate surface area is 141 Å². The highest BCUT2D eigenvalue weighted by atomic mass is 32.2. The number of anilines is 1. The molecule has 0 amide bonds. The van der Waals surface area contributed by atoms with Gasteiger partial charge in [-0.25, -0.2) is 13.4 Å². The lowest BCUT2D eigenvalue weighted by Gasteiger charge is -2.08. The molecule has 3 rings (SSSR count). The smallest absolute Gasteiger partial charge is 0.261 e. The molecule has 0 saturated heterocycles. The second-order valence-corrected chi connectivity index (χ2v) is 7.49. The molecule has 1 aromatic heterocycles. The quantitative estimate of drug-likeness (QED) is 0.724. The maximum atomic E-state index is 12.4. The highest BCUT2D eigenvalue weighted by molar-refractivity contribution is 7.92. The first kappa shape index (κ1) is 16.5. The lowest BCUT2D eigenvalue weighted by molar-refractivity contribution is 0.517. The van der Waals surface area contributed by atoms with Gasteiger partial charge in [0, 0.05) is 6.42 Å². The molecular formula is C18H20N2O3S. The van der Waals surface area contributed by atoms with Crippen molar-refractivity contribution in [1.29, 1.82) is 0 Å². The number of benzene rings is 2. The van der Waals surface area contributed by atoms with Crippen LogP contribution in [0.4, 0.5) is 5.69 Å². The number of aryl methyl sites for hydroxylation is 2. The molecule has 126 valence electrons. The van der Waals surface area contributed by atoms with Crippen molar-refractivity contribution in [3.63, 3.8) is 0 Å². The van der Waals surface area contributed by atoms with E-state index in [1.165, 1.54) is 0 Å². The lowest BCUT2D eigenvalue weighted by atomic mass is 10.2. The molecule has 0 aliphatic rings. The Kier molecular flexibility index (Phi) is 4.57. The summed E-state index contributed by atoms with van der Waals surface area (Å²) in [6.45, 7) is 4.03. The van der Waals surface area contributed by atoms with Gasteiger partial charge in [0.1, 0.15) is 5.52 Å². The van der Waals surface area contributed by atoms with E-state index in [2.05, 4.69) is 16.6 Å². The molecule has 2 aromatic carbocycles. The molecule has 6 heteroatoms. The molecule has 1 N–H and O–H groups in total. The van der Waals surface area contributed by atoms with Crippen molar-refractivity contribution < 1.29 is 12.8 Å². The topological polar surface area (TPSA) is 72.2 Å². The number of hydrogen-bond acceptors (Lipinski definition) is 4. The van der Waals surface area contributed by atoms with E-state index in [1.807, 2.05) is 6.92 Å². The van der Waals surface area contributed by atoms with Crippen LogP contribution < -0.4 is 4.72 Å². The van der Waals surface area contributed by atoms with E-state index in [4.69, 9.17) is 4.42 Å². The molecule has 0 saturated carbocycles. The Morgan fingerprint density at radius 1 is 1.12 bits per heavy atom. The third-order valence-corrected chi connectivity index (χ3v) is 5.16. The predicted molar refractivity (Wildman–Crippen MR) is 94.6 cm³/mol. The summed E-state index contributed by atoms with van der Waals surface area (Å²) in [4.78, 5) is 4.66. The van der Waals surface area contributed by atoms with Gasteiger partial charge >= 0.3 is 0 Å². The van der Waals surface area contributed by atoms with Crippen molar-refractivity contribution in [3.05, 3.63) is 53.9 Å². The SMILES string of the molecule is CCCCc1nc2cc(NS(=O)(=O)c3ccc(C)cc3)ccc2o1. The fourth-order valence-electron chi connectivity index (χ4n) is 2.41. The highest BCUT2D eigenvalue weighted by Gasteiger charge is 2.15. The molecule has 5 nitrogen and oxygen atoms in total. The Morgan fingerprint density at radius 2 is 1.88 bits per heavy atom. The molecule has 1 heterocycles. The number of rotatable bonds is 6. The van der Waals surface area contributed by atoms with Gasteiger partial charge in [-0.1, -0.05) is 31.0 Å². The average Bonchev–Trinajstić information content (AvgIpc) is 2.95. The number of nitrogens with one attached hydrogen (secondary N) is 1. The number of nitrogens with zero attached hydrogens (tertiary/aromatic N) is 1. The van der Waals surface area contributed by atoms with Crippen molar-refractivity contribution in [2.75, 3.05) is 4.72 Å². The molecule has 0 bridgehead atoms.